The lowest BCUT2D eigenvalue weighted by Gasteiger charge is -2.33. The molecule has 7 heteroatoms. The van der Waals surface area contributed by atoms with Gasteiger partial charge in [-0.2, -0.15) is 0 Å². The lowest BCUT2D eigenvalue weighted by molar-refractivity contribution is -0.119. The van der Waals surface area contributed by atoms with Crippen LogP contribution in [0.3, 0.4) is 0 Å². The standard InChI is InChI=1S/C17H23N3O4/c1-12(21)18-14-4-2-7-20(11-14)17(22)19-13-5-6-15-16(10-13)24-9-3-8-23-15/h5-6,10,14H,2-4,7-9,11H2,1H3,(H,18,21)(H,19,22)/t14-/m1/s1. The summed E-state index contributed by atoms with van der Waals surface area (Å²) in [6.45, 7) is 3.95. The third-order valence-electron chi connectivity index (χ3n) is 4.11. The van der Waals surface area contributed by atoms with Crippen molar-refractivity contribution in [1.82, 2.24) is 10.2 Å². The molecule has 7 nitrogen and oxygen atoms in total. The number of hydrogen-bond acceptors (Lipinski definition) is 4. The Bertz CT molecular complexity index is 620. The number of hydrogen-bond donors (Lipinski definition) is 2. The minimum Gasteiger partial charge on any atom is -0.490 e. The van der Waals surface area contributed by atoms with Gasteiger partial charge in [-0.15, -0.1) is 0 Å². The molecule has 0 aromatic heterocycles. The Labute approximate surface area is 141 Å². The highest BCUT2D eigenvalue weighted by Crippen LogP contribution is 2.32. The quantitative estimate of drug-likeness (QED) is 0.867. The highest BCUT2D eigenvalue weighted by atomic mass is 16.5. The van der Waals surface area contributed by atoms with Crippen molar-refractivity contribution < 1.29 is 19.1 Å². The Morgan fingerprint density at radius 3 is 2.75 bits per heavy atom. The second kappa shape index (κ2) is 7.42. The summed E-state index contributed by atoms with van der Waals surface area (Å²) in [5.41, 5.74) is 0.672. The van der Waals surface area contributed by atoms with Crippen LogP contribution < -0.4 is 20.1 Å². The molecule has 130 valence electrons. The normalized spacial score (nSPS) is 20.0. The van der Waals surface area contributed by atoms with E-state index in [1.54, 1.807) is 17.0 Å². The number of nitrogens with zero attached hydrogens (tertiary/aromatic N) is 1. The van der Waals surface area contributed by atoms with Gasteiger partial charge in [-0.25, -0.2) is 4.79 Å². The van der Waals surface area contributed by atoms with E-state index in [0.717, 1.165) is 19.3 Å². The molecule has 0 saturated carbocycles. The third-order valence-corrected chi connectivity index (χ3v) is 4.11. The lowest BCUT2D eigenvalue weighted by Crippen LogP contribution is -2.50. The van der Waals surface area contributed by atoms with Crippen molar-refractivity contribution in [2.24, 2.45) is 0 Å². The van der Waals surface area contributed by atoms with Gasteiger partial charge in [0.05, 0.1) is 13.2 Å². The molecule has 0 unspecified atom stereocenters. The Morgan fingerprint density at radius 2 is 1.96 bits per heavy atom. The first-order valence-electron chi connectivity index (χ1n) is 8.34. The number of ether oxygens (including phenoxy) is 2. The average Bonchev–Trinajstić information content (AvgIpc) is 2.79. The fraction of sp³-hybridized carbons (Fsp3) is 0.529. The zero-order valence-corrected chi connectivity index (χ0v) is 13.8. The van der Waals surface area contributed by atoms with Crippen LogP contribution in [-0.4, -0.2) is 49.2 Å². The molecule has 24 heavy (non-hydrogen) atoms. The van der Waals surface area contributed by atoms with E-state index < -0.39 is 0 Å². The third kappa shape index (κ3) is 4.10. The number of carbonyl (C=O) groups is 2. The molecular weight excluding hydrogens is 310 g/mol. The first-order valence-corrected chi connectivity index (χ1v) is 8.34. The summed E-state index contributed by atoms with van der Waals surface area (Å²) in [6, 6.07) is 5.26. The smallest absolute Gasteiger partial charge is 0.321 e. The molecule has 1 saturated heterocycles. The first kappa shape index (κ1) is 16.4. The molecule has 3 rings (SSSR count). The predicted molar refractivity (Wildman–Crippen MR) is 89.5 cm³/mol. The molecule has 0 radical (unpaired) electrons. The number of fused-ring (bicyclic) bond motifs is 1. The highest BCUT2D eigenvalue weighted by molar-refractivity contribution is 5.90. The number of piperidine rings is 1. The van der Waals surface area contributed by atoms with E-state index >= 15 is 0 Å². The molecular formula is C17H23N3O4. The number of nitrogens with one attached hydrogen (secondary N) is 2. The van der Waals surface area contributed by atoms with Gasteiger partial charge in [0, 0.05) is 44.2 Å². The van der Waals surface area contributed by atoms with Crippen LogP contribution in [0.1, 0.15) is 26.2 Å². The van der Waals surface area contributed by atoms with Crippen LogP contribution in [0.4, 0.5) is 10.5 Å². The van der Waals surface area contributed by atoms with Gasteiger partial charge in [0.25, 0.3) is 0 Å². The van der Waals surface area contributed by atoms with Crippen LogP contribution in [0.5, 0.6) is 11.5 Å². The van der Waals surface area contributed by atoms with E-state index in [1.807, 2.05) is 6.07 Å². The topological polar surface area (TPSA) is 79.9 Å². The van der Waals surface area contributed by atoms with Crippen molar-refractivity contribution >= 4 is 17.6 Å². The molecule has 2 heterocycles. The van der Waals surface area contributed by atoms with Gasteiger partial charge < -0.3 is 25.0 Å². The van der Waals surface area contributed by atoms with Crippen molar-refractivity contribution in [2.75, 3.05) is 31.6 Å². The first-order chi connectivity index (χ1) is 11.6. The molecule has 1 fully saturated rings. The van der Waals surface area contributed by atoms with Crippen molar-refractivity contribution in [3.05, 3.63) is 18.2 Å². The maximum absolute atomic E-state index is 12.5. The monoisotopic (exact) mass is 333 g/mol. The summed E-state index contributed by atoms with van der Waals surface area (Å²) >= 11 is 0. The summed E-state index contributed by atoms with van der Waals surface area (Å²) in [5, 5.41) is 5.78. The zero-order chi connectivity index (χ0) is 16.9. The minimum atomic E-state index is -0.167. The van der Waals surface area contributed by atoms with Crippen LogP contribution in [0, 0.1) is 0 Å². The van der Waals surface area contributed by atoms with E-state index in [0.29, 0.717) is 43.5 Å². The second-order valence-corrected chi connectivity index (χ2v) is 6.13. The fourth-order valence-electron chi connectivity index (χ4n) is 3.01. The van der Waals surface area contributed by atoms with Gasteiger partial charge in [-0.05, 0) is 25.0 Å². The number of anilines is 1. The second-order valence-electron chi connectivity index (χ2n) is 6.13. The van der Waals surface area contributed by atoms with Crippen LogP contribution in [0.25, 0.3) is 0 Å². The molecule has 0 aliphatic carbocycles. The van der Waals surface area contributed by atoms with Gasteiger partial charge in [-0.3, -0.25) is 4.79 Å². The number of rotatable bonds is 2. The highest BCUT2D eigenvalue weighted by Gasteiger charge is 2.24. The van der Waals surface area contributed by atoms with Crippen molar-refractivity contribution in [1.29, 1.82) is 0 Å². The SMILES string of the molecule is CC(=O)N[C@@H]1CCCN(C(=O)Nc2ccc3c(c2)OCCCO3)C1. The number of likely N-dealkylation sites (tertiary alicyclic amines) is 1. The number of carbonyl (C=O) groups excluding carboxylic acids is 2. The van der Waals surface area contributed by atoms with Crippen LogP contribution >= 0.6 is 0 Å². The maximum atomic E-state index is 12.5. The Hall–Kier alpha value is -2.44. The number of amides is 3. The van der Waals surface area contributed by atoms with E-state index in [1.165, 1.54) is 6.92 Å². The van der Waals surface area contributed by atoms with Gasteiger partial charge in [-0.1, -0.05) is 0 Å². The van der Waals surface area contributed by atoms with Crippen molar-refractivity contribution in [3.63, 3.8) is 0 Å². The Kier molecular flexibility index (Phi) is 5.08. The number of urea groups is 1. The molecule has 0 bridgehead atoms. The Balaban J connectivity index is 1.62. The van der Waals surface area contributed by atoms with E-state index in [9.17, 15) is 9.59 Å². The largest absolute Gasteiger partial charge is 0.490 e. The molecule has 1 aromatic carbocycles. The molecule has 0 spiro atoms. The van der Waals surface area contributed by atoms with Gasteiger partial charge in [0.15, 0.2) is 11.5 Å². The van der Waals surface area contributed by atoms with Crippen LogP contribution in [-0.2, 0) is 4.79 Å². The Morgan fingerprint density at radius 1 is 1.17 bits per heavy atom. The summed E-state index contributed by atoms with van der Waals surface area (Å²) in [4.78, 5) is 25.4. The lowest BCUT2D eigenvalue weighted by atomic mass is 10.1. The van der Waals surface area contributed by atoms with Gasteiger partial charge in [0.1, 0.15) is 0 Å². The molecule has 3 amide bonds. The van der Waals surface area contributed by atoms with Gasteiger partial charge in [0.2, 0.25) is 5.91 Å². The summed E-state index contributed by atoms with van der Waals surface area (Å²) in [7, 11) is 0. The van der Waals surface area contributed by atoms with Gasteiger partial charge >= 0.3 is 6.03 Å². The molecule has 2 aliphatic heterocycles. The van der Waals surface area contributed by atoms with Crippen LogP contribution in [0.15, 0.2) is 18.2 Å². The summed E-state index contributed by atoms with van der Waals surface area (Å²) in [6.07, 6.45) is 2.61. The molecule has 1 atom stereocenters. The molecule has 1 aromatic rings. The van der Waals surface area contributed by atoms with Crippen molar-refractivity contribution in [2.45, 2.75) is 32.2 Å². The van der Waals surface area contributed by atoms with Crippen LogP contribution in [0.2, 0.25) is 0 Å². The average molecular weight is 333 g/mol. The minimum absolute atomic E-state index is 0.0192. The van der Waals surface area contributed by atoms with E-state index in [-0.39, 0.29) is 18.0 Å². The summed E-state index contributed by atoms with van der Waals surface area (Å²) < 4.78 is 11.2. The molecule has 2 N–H and O–H groups in total. The maximum Gasteiger partial charge on any atom is 0.321 e. The predicted octanol–water partition coefficient (Wildman–Crippen LogP) is 1.98. The fourth-order valence-corrected chi connectivity index (χ4v) is 3.01. The van der Waals surface area contributed by atoms with E-state index in [4.69, 9.17) is 9.47 Å². The molecule has 2 aliphatic rings. The van der Waals surface area contributed by atoms with E-state index in [2.05, 4.69) is 10.6 Å². The van der Waals surface area contributed by atoms with Crippen molar-refractivity contribution in [3.8, 4) is 11.5 Å². The zero-order valence-electron chi connectivity index (χ0n) is 13.8. The summed E-state index contributed by atoms with van der Waals surface area (Å²) in [5.74, 6) is 1.29. The number of benzene rings is 1.